The number of rotatable bonds is 3. The van der Waals surface area contributed by atoms with Gasteiger partial charge in [-0.2, -0.15) is 0 Å². The summed E-state index contributed by atoms with van der Waals surface area (Å²) < 4.78 is 33.8. The SMILES string of the molecule is CS(=O)(=O)C1C(c2ccc3c(c2)OCO3)C1(N)C(=O)O. The Hall–Kier alpha value is -1.80. The van der Waals surface area contributed by atoms with Crippen LogP contribution < -0.4 is 15.2 Å². The summed E-state index contributed by atoms with van der Waals surface area (Å²) in [5, 5.41) is 8.09. The molecule has 108 valence electrons. The maximum Gasteiger partial charge on any atom is 0.325 e. The maximum atomic E-state index is 11.7. The van der Waals surface area contributed by atoms with Gasteiger partial charge in [-0.05, 0) is 17.7 Å². The van der Waals surface area contributed by atoms with E-state index in [2.05, 4.69) is 0 Å². The molecule has 3 rings (SSSR count). The first-order chi connectivity index (χ1) is 9.26. The van der Waals surface area contributed by atoms with E-state index in [0.717, 1.165) is 6.26 Å². The van der Waals surface area contributed by atoms with Crippen molar-refractivity contribution in [2.45, 2.75) is 16.7 Å². The number of sulfone groups is 1. The lowest BCUT2D eigenvalue weighted by Gasteiger charge is -2.05. The van der Waals surface area contributed by atoms with E-state index < -0.39 is 32.5 Å². The van der Waals surface area contributed by atoms with Gasteiger partial charge in [0.1, 0.15) is 5.54 Å². The van der Waals surface area contributed by atoms with Crippen LogP contribution in [0.5, 0.6) is 11.5 Å². The van der Waals surface area contributed by atoms with Gasteiger partial charge >= 0.3 is 5.97 Å². The molecule has 3 N–H and O–H groups in total. The molecule has 0 saturated heterocycles. The third-order valence-corrected chi connectivity index (χ3v) is 5.35. The van der Waals surface area contributed by atoms with Gasteiger partial charge < -0.3 is 20.3 Å². The largest absolute Gasteiger partial charge is 0.480 e. The molecule has 0 aromatic heterocycles. The van der Waals surface area contributed by atoms with Crippen LogP contribution in [-0.2, 0) is 14.6 Å². The van der Waals surface area contributed by atoms with Gasteiger partial charge in [0, 0.05) is 12.2 Å². The lowest BCUT2D eigenvalue weighted by molar-refractivity contribution is -0.139. The minimum atomic E-state index is -3.57. The molecule has 1 aliphatic heterocycles. The summed E-state index contributed by atoms with van der Waals surface area (Å²) in [5.41, 5.74) is 4.52. The number of carboxylic acids is 1. The van der Waals surface area contributed by atoms with Crippen LogP contribution in [0.1, 0.15) is 11.5 Å². The molecule has 0 spiro atoms. The first-order valence-corrected chi connectivity index (χ1v) is 7.82. The Bertz CT molecular complexity index is 700. The quantitative estimate of drug-likeness (QED) is 0.787. The zero-order valence-corrected chi connectivity index (χ0v) is 11.4. The number of ether oxygens (including phenoxy) is 2. The van der Waals surface area contributed by atoms with Crippen molar-refractivity contribution in [2.75, 3.05) is 13.0 Å². The second-order valence-electron chi connectivity index (χ2n) is 5.08. The number of benzene rings is 1. The Morgan fingerprint density at radius 3 is 2.60 bits per heavy atom. The Kier molecular flexibility index (Phi) is 2.55. The average molecular weight is 299 g/mol. The number of hydrogen-bond donors (Lipinski definition) is 2. The number of carbonyl (C=O) groups is 1. The van der Waals surface area contributed by atoms with Gasteiger partial charge in [0.15, 0.2) is 21.3 Å². The minimum Gasteiger partial charge on any atom is -0.480 e. The van der Waals surface area contributed by atoms with Crippen molar-refractivity contribution in [2.24, 2.45) is 5.73 Å². The Morgan fingerprint density at radius 2 is 2.05 bits per heavy atom. The summed E-state index contributed by atoms with van der Waals surface area (Å²) in [6.45, 7) is 0.0889. The first kappa shape index (κ1) is 13.2. The highest BCUT2D eigenvalue weighted by atomic mass is 32.2. The van der Waals surface area contributed by atoms with E-state index in [1.807, 2.05) is 0 Å². The zero-order valence-electron chi connectivity index (χ0n) is 10.6. The van der Waals surface area contributed by atoms with Crippen molar-refractivity contribution < 1.29 is 27.8 Å². The number of carboxylic acid groups (broad SMARTS) is 1. The molecule has 20 heavy (non-hydrogen) atoms. The van der Waals surface area contributed by atoms with Crippen LogP contribution in [0.15, 0.2) is 18.2 Å². The number of fused-ring (bicyclic) bond motifs is 1. The van der Waals surface area contributed by atoms with E-state index in [9.17, 15) is 18.3 Å². The summed E-state index contributed by atoms with van der Waals surface area (Å²) in [6.07, 6.45) is 0.995. The topological polar surface area (TPSA) is 116 Å². The van der Waals surface area contributed by atoms with E-state index in [1.54, 1.807) is 18.2 Å². The monoisotopic (exact) mass is 299 g/mol. The molecule has 0 amide bonds. The molecule has 3 unspecified atom stereocenters. The molecule has 8 heteroatoms. The van der Waals surface area contributed by atoms with Gasteiger partial charge in [0.25, 0.3) is 0 Å². The highest BCUT2D eigenvalue weighted by molar-refractivity contribution is 7.91. The number of hydrogen-bond acceptors (Lipinski definition) is 6. The smallest absolute Gasteiger partial charge is 0.325 e. The van der Waals surface area contributed by atoms with Gasteiger partial charge in [-0.3, -0.25) is 4.79 Å². The fraction of sp³-hybridized carbons (Fsp3) is 0.417. The predicted molar refractivity (Wildman–Crippen MR) is 68.5 cm³/mol. The van der Waals surface area contributed by atoms with Gasteiger partial charge in [0.05, 0.1) is 5.25 Å². The first-order valence-electron chi connectivity index (χ1n) is 5.87. The zero-order chi connectivity index (χ0) is 14.7. The normalized spacial score (nSPS) is 31.1. The second kappa shape index (κ2) is 3.86. The van der Waals surface area contributed by atoms with E-state index in [0.29, 0.717) is 17.1 Å². The highest BCUT2D eigenvalue weighted by Crippen LogP contribution is 2.55. The van der Waals surface area contributed by atoms with Gasteiger partial charge in [-0.15, -0.1) is 0 Å². The highest BCUT2D eigenvalue weighted by Gasteiger charge is 2.73. The molecular formula is C12H13NO6S. The molecule has 1 aromatic rings. The van der Waals surface area contributed by atoms with Gasteiger partial charge in [-0.1, -0.05) is 6.07 Å². The summed E-state index contributed by atoms with van der Waals surface area (Å²) >= 11 is 0. The van der Waals surface area contributed by atoms with E-state index in [1.165, 1.54) is 0 Å². The van der Waals surface area contributed by atoms with Gasteiger partial charge in [0.2, 0.25) is 6.79 Å². The molecule has 0 bridgehead atoms. The van der Waals surface area contributed by atoms with E-state index >= 15 is 0 Å². The molecule has 1 fully saturated rings. The van der Waals surface area contributed by atoms with Crippen LogP contribution in [0.4, 0.5) is 0 Å². The molecule has 1 aliphatic carbocycles. The minimum absolute atomic E-state index is 0.0889. The molecule has 1 heterocycles. The van der Waals surface area contributed by atoms with Crippen molar-refractivity contribution in [3.05, 3.63) is 23.8 Å². The van der Waals surface area contributed by atoms with Crippen LogP contribution in [0, 0.1) is 0 Å². The van der Waals surface area contributed by atoms with Crippen molar-refractivity contribution >= 4 is 15.8 Å². The Labute approximate surface area is 115 Å². The van der Waals surface area contributed by atoms with Crippen LogP contribution in [0.2, 0.25) is 0 Å². The summed E-state index contributed by atoms with van der Waals surface area (Å²) in [6, 6.07) is 4.83. The molecule has 0 radical (unpaired) electrons. The summed E-state index contributed by atoms with van der Waals surface area (Å²) in [5.74, 6) is -1.10. The van der Waals surface area contributed by atoms with Crippen molar-refractivity contribution in [3.63, 3.8) is 0 Å². The summed E-state index contributed by atoms with van der Waals surface area (Å²) in [7, 11) is -3.57. The van der Waals surface area contributed by atoms with Crippen LogP contribution in [0.25, 0.3) is 0 Å². The molecule has 1 saturated carbocycles. The van der Waals surface area contributed by atoms with Crippen LogP contribution in [-0.4, -0.2) is 43.3 Å². The van der Waals surface area contributed by atoms with Crippen molar-refractivity contribution in [1.29, 1.82) is 0 Å². The standard InChI is InChI=1S/C12H13NO6S/c1-20(16,17)10-9(12(10,13)11(14)15)6-2-3-7-8(4-6)19-5-18-7/h2-4,9-10H,5,13H2,1H3,(H,14,15). The molecular weight excluding hydrogens is 286 g/mol. The second-order valence-corrected chi connectivity index (χ2v) is 7.25. The Balaban J connectivity index is 2.04. The Morgan fingerprint density at radius 1 is 1.40 bits per heavy atom. The molecule has 7 nitrogen and oxygen atoms in total. The maximum absolute atomic E-state index is 11.7. The van der Waals surface area contributed by atoms with Crippen LogP contribution >= 0.6 is 0 Å². The molecule has 1 aromatic carbocycles. The van der Waals surface area contributed by atoms with Crippen molar-refractivity contribution in [1.82, 2.24) is 0 Å². The molecule has 3 atom stereocenters. The summed E-state index contributed by atoms with van der Waals surface area (Å²) in [4.78, 5) is 11.3. The predicted octanol–water partition coefficient (Wildman–Crippen LogP) is -0.292. The number of nitrogens with two attached hydrogens (primary N) is 1. The van der Waals surface area contributed by atoms with Crippen LogP contribution in [0.3, 0.4) is 0 Å². The lowest BCUT2D eigenvalue weighted by Crippen LogP contribution is -2.39. The fourth-order valence-electron chi connectivity index (χ4n) is 2.79. The van der Waals surface area contributed by atoms with Crippen molar-refractivity contribution in [3.8, 4) is 11.5 Å². The lowest BCUT2D eigenvalue weighted by atomic mass is 10.1. The van der Waals surface area contributed by atoms with E-state index in [4.69, 9.17) is 15.2 Å². The molecule has 2 aliphatic rings. The fourth-order valence-corrected chi connectivity index (χ4v) is 4.54. The third kappa shape index (κ3) is 1.68. The number of aliphatic carboxylic acids is 1. The average Bonchev–Trinajstić information content (AvgIpc) is 2.79. The van der Waals surface area contributed by atoms with Gasteiger partial charge in [-0.25, -0.2) is 8.42 Å². The van der Waals surface area contributed by atoms with E-state index in [-0.39, 0.29) is 6.79 Å². The third-order valence-electron chi connectivity index (χ3n) is 3.77.